The minimum absolute atomic E-state index is 0.0692. The van der Waals surface area contributed by atoms with Crippen LogP contribution in [0.1, 0.15) is 56.6 Å². The molecule has 1 saturated carbocycles. The molecule has 5 atom stereocenters. The lowest BCUT2D eigenvalue weighted by atomic mass is 9.68. The van der Waals surface area contributed by atoms with E-state index in [0.29, 0.717) is 37.2 Å². The van der Waals surface area contributed by atoms with Gasteiger partial charge >= 0.3 is 0 Å². The number of ether oxygens (including phenoxy) is 2. The highest BCUT2D eigenvalue weighted by atomic mass is 35.5. The first-order valence-electron chi connectivity index (χ1n) is 14.7. The maximum absolute atomic E-state index is 13.4. The predicted molar refractivity (Wildman–Crippen MR) is 160 cm³/mol. The van der Waals surface area contributed by atoms with Crippen LogP contribution in [0.3, 0.4) is 0 Å². The first kappa shape index (κ1) is 28.6. The third kappa shape index (κ3) is 5.51. The minimum Gasteiger partial charge on any atom is -0.490 e. The fourth-order valence-electron chi connectivity index (χ4n) is 7.23. The van der Waals surface area contributed by atoms with Crippen molar-refractivity contribution in [3.05, 3.63) is 64.7 Å². The number of rotatable bonds is 1. The van der Waals surface area contributed by atoms with Crippen LogP contribution in [0.5, 0.6) is 5.75 Å². The molecule has 4 aliphatic rings. The summed E-state index contributed by atoms with van der Waals surface area (Å²) in [5.41, 5.74) is 3.05. The van der Waals surface area contributed by atoms with E-state index in [2.05, 4.69) is 27.8 Å². The summed E-state index contributed by atoms with van der Waals surface area (Å²) in [6.07, 6.45) is 10.6. The molecule has 6 rings (SSSR count). The second-order valence-corrected chi connectivity index (χ2v) is 14.4. The summed E-state index contributed by atoms with van der Waals surface area (Å²) < 4.78 is 41.6. The van der Waals surface area contributed by atoms with Crippen molar-refractivity contribution in [2.24, 2.45) is 17.8 Å². The Morgan fingerprint density at radius 2 is 1.95 bits per heavy atom. The van der Waals surface area contributed by atoms with E-state index >= 15 is 0 Å². The lowest BCUT2D eigenvalue weighted by Crippen LogP contribution is -2.49. The number of aryl methyl sites for hydroxylation is 1. The number of carbonyl (C=O) groups excluding carboxylic acids is 1. The van der Waals surface area contributed by atoms with Gasteiger partial charge in [-0.1, -0.05) is 36.7 Å². The van der Waals surface area contributed by atoms with Crippen LogP contribution in [0, 0.1) is 17.8 Å². The number of methoxy groups -OCH3 is 1. The van der Waals surface area contributed by atoms with Gasteiger partial charge in [-0.15, -0.1) is 0 Å². The van der Waals surface area contributed by atoms with Crippen LogP contribution in [0.25, 0.3) is 0 Å². The molecule has 9 heteroatoms. The van der Waals surface area contributed by atoms with Crippen molar-refractivity contribution in [1.29, 1.82) is 0 Å². The third-order valence-corrected chi connectivity index (χ3v) is 11.3. The van der Waals surface area contributed by atoms with Gasteiger partial charge in [0, 0.05) is 36.6 Å². The smallest absolute Gasteiger partial charge is 0.264 e. The van der Waals surface area contributed by atoms with E-state index in [1.165, 1.54) is 11.1 Å². The molecule has 1 N–H and O–H groups in total. The van der Waals surface area contributed by atoms with Crippen LogP contribution >= 0.6 is 11.6 Å². The molecular weight excluding hydrogens is 560 g/mol. The monoisotopic (exact) mass is 598 g/mol. The lowest BCUT2D eigenvalue weighted by molar-refractivity contribution is -0.122. The molecule has 1 amide bonds. The zero-order chi connectivity index (χ0) is 28.8. The van der Waals surface area contributed by atoms with Gasteiger partial charge in [0.1, 0.15) is 5.75 Å². The van der Waals surface area contributed by atoms with Crippen molar-refractivity contribution in [2.45, 2.75) is 68.3 Å². The van der Waals surface area contributed by atoms with E-state index in [4.69, 9.17) is 21.1 Å². The van der Waals surface area contributed by atoms with Crippen LogP contribution in [0.15, 0.2) is 53.4 Å². The van der Waals surface area contributed by atoms with Gasteiger partial charge in [0.15, 0.2) is 0 Å². The lowest BCUT2D eigenvalue weighted by Gasteiger charge is -2.46. The molecule has 2 aliphatic carbocycles. The van der Waals surface area contributed by atoms with Crippen molar-refractivity contribution in [3.63, 3.8) is 0 Å². The summed E-state index contributed by atoms with van der Waals surface area (Å²) in [5.74, 6) is 0.503. The number of sulfonamides is 1. The first-order chi connectivity index (χ1) is 19.7. The Hall–Kier alpha value is -2.55. The van der Waals surface area contributed by atoms with Gasteiger partial charge in [-0.3, -0.25) is 4.79 Å². The fraction of sp³-hybridized carbons (Fsp3) is 0.531. The maximum atomic E-state index is 13.4. The topological polar surface area (TPSA) is 84.9 Å². The van der Waals surface area contributed by atoms with Crippen LogP contribution in [-0.2, 0) is 31.4 Å². The molecule has 2 aromatic rings. The van der Waals surface area contributed by atoms with Gasteiger partial charge in [-0.2, -0.15) is 0 Å². The standard InChI is InChI=1S/C32H39ClN2O5S/c1-21-6-3-4-8-29(39-2)26-12-9-23(26)18-35-19-32(15-5-7-22-16-24(33)10-13-27(22)32)20-40-30-14-11-25(17-28(30)35)41(37,38)34-31(21)36/h3-4,10-11,13-14,16-17,21,23,26,29H,5-9,12,15,18-20H2,1-2H3,(H,34,36)/b4-3-/t21-,23+,26-,29+,32+/m1/s1. The zero-order valence-electron chi connectivity index (χ0n) is 23.8. The van der Waals surface area contributed by atoms with Crippen LogP contribution in [0.4, 0.5) is 5.69 Å². The number of fused-ring (bicyclic) bond motifs is 4. The van der Waals surface area contributed by atoms with E-state index in [1.807, 2.05) is 12.1 Å². The van der Waals surface area contributed by atoms with Crippen molar-refractivity contribution in [1.82, 2.24) is 4.72 Å². The minimum atomic E-state index is -4.06. The number of benzene rings is 2. The summed E-state index contributed by atoms with van der Waals surface area (Å²) in [7, 11) is -2.27. The quantitative estimate of drug-likeness (QED) is 0.427. The molecule has 1 spiro atoms. The highest BCUT2D eigenvalue weighted by Gasteiger charge is 2.44. The Morgan fingerprint density at radius 1 is 1.12 bits per heavy atom. The Labute approximate surface area is 248 Å². The van der Waals surface area contributed by atoms with Crippen LogP contribution in [0.2, 0.25) is 5.02 Å². The number of nitrogens with zero attached hydrogens (tertiary/aromatic N) is 1. The molecule has 41 heavy (non-hydrogen) atoms. The van der Waals surface area contributed by atoms with Crippen molar-refractivity contribution >= 4 is 33.2 Å². The van der Waals surface area contributed by atoms with E-state index in [1.54, 1.807) is 32.2 Å². The highest BCUT2D eigenvalue weighted by molar-refractivity contribution is 7.90. The maximum Gasteiger partial charge on any atom is 0.264 e. The third-order valence-electron chi connectivity index (χ3n) is 9.74. The number of hydrogen-bond acceptors (Lipinski definition) is 6. The summed E-state index contributed by atoms with van der Waals surface area (Å²) in [5, 5.41) is 0.742. The molecule has 0 saturated heterocycles. The summed E-state index contributed by atoms with van der Waals surface area (Å²) in [4.78, 5) is 15.3. The molecule has 1 fully saturated rings. The summed E-state index contributed by atoms with van der Waals surface area (Å²) >= 11 is 6.39. The average Bonchev–Trinajstić information content (AvgIpc) is 3.08. The van der Waals surface area contributed by atoms with Crippen LogP contribution in [-0.4, -0.2) is 47.2 Å². The molecule has 0 radical (unpaired) electrons. The molecule has 2 heterocycles. The van der Waals surface area contributed by atoms with Crippen molar-refractivity contribution in [2.75, 3.05) is 31.7 Å². The van der Waals surface area contributed by atoms with Crippen molar-refractivity contribution in [3.8, 4) is 5.75 Å². The molecular formula is C32H39ClN2O5S. The SMILES string of the molecule is CO[C@H]1C/C=C\C[C@@H](C)C(=O)NS(=O)(=O)c2ccc3c(c2)N(C[C@@H]2CC[C@H]21)C[C@@]1(CCCc2cc(Cl)ccc21)CO3. The second-order valence-electron chi connectivity index (χ2n) is 12.3. The number of anilines is 1. The Morgan fingerprint density at radius 3 is 2.73 bits per heavy atom. The van der Waals surface area contributed by atoms with E-state index in [0.717, 1.165) is 55.8 Å². The van der Waals surface area contributed by atoms with Gasteiger partial charge < -0.3 is 14.4 Å². The number of amides is 1. The molecule has 7 nitrogen and oxygen atoms in total. The van der Waals surface area contributed by atoms with Gasteiger partial charge in [0.2, 0.25) is 5.91 Å². The normalized spacial score (nSPS) is 32.0. The summed E-state index contributed by atoms with van der Waals surface area (Å²) in [6.45, 7) is 3.74. The average molecular weight is 599 g/mol. The van der Waals surface area contributed by atoms with E-state index < -0.39 is 21.8 Å². The largest absolute Gasteiger partial charge is 0.490 e. The summed E-state index contributed by atoms with van der Waals surface area (Å²) in [6, 6.07) is 11.2. The van der Waals surface area contributed by atoms with Crippen LogP contribution < -0.4 is 14.4 Å². The molecule has 0 aromatic heterocycles. The van der Waals surface area contributed by atoms with Gasteiger partial charge in [0.25, 0.3) is 10.0 Å². The molecule has 2 aromatic carbocycles. The Bertz CT molecular complexity index is 1460. The second kappa shape index (κ2) is 11.3. The fourth-order valence-corrected chi connectivity index (χ4v) is 8.52. The van der Waals surface area contributed by atoms with Gasteiger partial charge in [0.05, 0.1) is 23.3 Å². The molecule has 0 unspecified atom stereocenters. The van der Waals surface area contributed by atoms with Gasteiger partial charge in [-0.05, 0) is 98.2 Å². The number of allylic oxidation sites excluding steroid dienone is 1. The first-order valence-corrected chi connectivity index (χ1v) is 16.6. The van der Waals surface area contributed by atoms with E-state index in [9.17, 15) is 13.2 Å². The molecule has 2 aliphatic heterocycles. The van der Waals surface area contributed by atoms with Gasteiger partial charge in [-0.25, -0.2) is 13.1 Å². The number of halogens is 1. The zero-order valence-corrected chi connectivity index (χ0v) is 25.3. The van der Waals surface area contributed by atoms with Crippen molar-refractivity contribution < 1.29 is 22.7 Å². The van der Waals surface area contributed by atoms with E-state index in [-0.39, 0.29) is 16.4 Å². The number of hydrogen-bond donors (Lipinski definition) is 1. The molecule has 220 valence electrons. The number of carbonyl (C=O) groups is 1. The number of nitrogens with one attached hydrogen (secondary N) is 1. The highest BCUT2D eigenvalue weighted by Crippen LogP contribution is 2.47. The predicted octanol–water partition coefficient (Wildman–Crippen LogP) is 5.65. The molecule has 2 bridgehead atoms. The Kier molecular flexibility index (Phi) is 7.85. The Balaban J connectivity index is 1.44.